The Balaban J connectivity index is 2.50. The van der Waals surface area contributed by atoms with Crippen LogP contribution in [0.4, 0.5) is 17.6 Å². The smallest absolute Gasteiger partial charge is 0.173 e. The molecule has 19 heavy (non-hydrogen) atoms. The standard InChI is InChI=1S/C13H8BrF4N/c14-11-9(1-2-10(17)12(11)18)13(19)6-3-7(15)5-8(16)4-6/h1-5,13H,19H2. The van der Waals surface area contributed by atoms with Crippen LogP contribution in [0.15, 0.2) is 34.8 Å². The summed E-state index contributed by atoms with van der Waals surface area (Å²) in [7, 11) is 0. The van der Waals surface area contributed by atoms with Gasteiger partial charge in [0.2, 0.25) is 0 Å². The molecule has 0 saturated carbocycles. The maximum Gasteiger partial charge on any atom is 0.173 e. The average Bonchev–Trinajstić information content (AvgIpc) is 2.34. The molecule has 1 nitrogen and oxygen atoms in total. The molecule has 2 N–H and O–H groups in total. The highest BCUT2D eigenvalue weighted by atomic mass is 79.9. The van der Waals surface area contributed by atoms with Crippen LogP contribution in [-0.4, -0.2) is 0 Å². The van der Waals surface area contributed by atoms with Crippen molar-refractivity contribution in [2.75, 3.05) is 0 Å². The molecule has 0 aliphatic rings. The molecular formula is C13H8BrF4N. The Kier molecular flexibility index (Phi) is 3.91. The minimum absolute atomic E-state index is 0.129. The second kappa shape index (κ2) is 5.30. The summed E-state index contributed by atoms with van der Waals surface area (Å²) >= 11 is 2.88. The van der Waals surface area contributed by atoms with Gasteiger partial charge in [0.1, 0.15) is 11.6 Å². The van der Waals surface area contributed by atoms with Crippen LogP contribution in [0.25, 0.3) is 0 Å². The fraction of sp³-hybridized carbons (Fsp3) is 0.0769. The third-order valence-electron chi connectivity index (χ3n) is 2.64. The molecule has 0 saturated heterocycles. The first-order valence-corrected chi connectivity index (χ1v) is 6.04. The second-order valence-electron chi connectivity index (χ2n) is 3.95. The van der Waals surface area contributed by atoms with Crippen LogP contribution >= 0.6 is 15.9 Å². The molecular weight excluding hydrogens is 326 g/mol. The zero-order valence-corrected chi connectivity index (χ0v) is 11.0. The molecule has 0 fully saturated rings. The van der Waals surface area contributed by atoms with Crippen molar-refractivity contribution >= 4 is 15.9 Å². The molecule has 0 aromatic heterocycles. The van der Waals surface area contributed by atoms with Gasteiger partial charge < -0.3 is 5.73 Å². The van der Waals surface area contributed by atoms with Crippen molar-refractivity contribution in [1.82, 2.24) is 0 Å². The van der Waals surface area contributed by atoms with Crippen LogP contribution in [0.1, 0.15) is 17.2 Å². The number of nitrogens with two attached hydrogens (primary N) is 1. The van der Waals surface area contributed by atoms with Crippen LogP contribution in [0.5, 0.6) is 0 Å². The monoisotopic (exact) mass is 333 g/mol. The molecule has 0 aliphatic heterocycles. The molecule has 0 radical (unpaired) electrons. The van der Waals surface area contributed by atoms with Gasteiger partial charge in [-0.05, 0) is 45.3 Å². The number of hydrogen-bond donors (Lipinski definition) is 1. The van der Waals surface area contributed by atoms with Crippen molar-refractivity contribution in [3.63, 3.8) is 0 Å². The van der Waals surface area contributed by atoms with Gasteiger partial charge in [-0.1, -0.05) is 6.07 Å². The third kappa shape index (κ3) is 2.79. The lowest BCUT2D eigenvalue weighted by Gasteiger charge is -2.15. The van der Waals surface area contributed by atoms with Gasteiger partial charge >= 0.3 is 0 Å². The predicted molar refractivity (Wildman–Crippen MR) is 66.4 cm³/mol. The minimum Gasteiger partial charge on any atom is -0.320 e. The van der Waals surface area contributed by atoms with Crippen molar-refractivity contribution in [3.8, 4) is 0 Å². The summed E-state index contributed by atoms with van der Waals surface area (Å²) in [5.74, 6) is -3.70. The molecule has 0 bridgehead atoms. The molecule has 2 rings (SSSR count). The average molecular weight is 334 g/mol. The molecule has 2 aromatic carbocycles. The Bertz CT molecular complexity index is 610. The molecule has 1 unspecified atom stereocenters. The topological polar surface area (TPSA) is 26.0 Å². The molecule has 0 amide bonds. The van der Waals surface area contributed by atoms with Crippen molar-refractivity contribution in [2.24, 2.45) is 5.73 Å². The van der Waals surface area contributed by atoms with Gasteiger partial charge in [-0.25, -0.2) is 17.6 Å². The Hall–Kier alpha value is -1.40. The zero-order valence-electron chi connectivity index (χ0n) is 9.43. The number of benzene rings is 2. The lowest BCUT2D eigenvalue weighted by atomic mass is 9.99. The molecule has 6 heteroatoms. The first-order valence-electron chi connectivity index (χ1n) is 5.25. The summed E-state index contributed by atoms with van der Waals surface area (Å²) < 4.78 is 52.4. The highest BCUT2D eigenvalue weighted by Crippen LogP contribution is 2.30. The van der Waals surface area contributed by atoms with E-state index in [0.29, 0.717) is 6.07 Å². The van der Waals surface area contributed by atoms with Crippen molar-refractivity contribution < 1.29 is 17.6 Å². The largest absolute Gasteiger partial charge is 0.320 e. The number of rotatable bonds is 2. The van der Waals surface area contributed by atoms with Gasteiger partial charge in [-0.3, -0.25) is 0 Å². The quantitative estimate of drug-likeness (QED) is 0.651. The van der Waals surface area contributed by atoms with E-state index in [1.54, 1.807) is 0 Å². The number of halogens is 5. The highest BCUT2D eigenvalue weighted by Gasteiger charge is 2.18. The molecule has 0 heterocycles. The van der Waals surface area contributed by atoms with Crippen LogP contribution in [0.3, 0.4) is 0 Å². The minimum atomic E-state index is -1.09. The Labute approximate surface area is 115 Å². The molecule has 100 valence electrons. The van der Waals surface area contributed by atoms with Crippen molar-refractivity contribution in [2.45, 2.75) is 6.04 Å². The van der Waals surface area contributed by atoms with Gasteiger partial charge in [-0.15, -0.1) is 0 Å². The Morgan fingerprint density at radius 3 is 2.11 bits per heavy atom. The summed E-state index contributed by atoms with van der Waals surface area (Å²) in [5.41, 5.74) is 6.15. The maximum atomic E-state index is 13.4. The van der Waals surface area contributed by atoms with Crippen LogP contribution in [-0.2, 0) is 0 Å². The lowest BCUT2D eigenvalue weighted by molar-refractivity contribution is 0.501. The van der Waals surface area contributed by atoms with E-state index >= 15 is 0 Å². The first-order chi connectivity index (χ1) is 8.90. The fourth-order valence-corrected chi connectivity index (χ4v) is 2.28. The molecule has 2 aromatic rings. The summed E-state index contributed by atoms with van der Waals surface area (Å²) in [5, 5.41) is 0. The Morgan fingerprint density at radius 2 is 1.53 bits per heavy atom. The molecule has 1 atom stereocenters. The summed E-state index contributed by atoms with van der Waals surface area (Å²) in [6.45, 7) is 0. The predicted octanol–water partition coefficient (Wildman–Crippen LogP) is 4.05. The van der Waals surface area contributed by atoms with Gasteiger partial charge in [0.05, 0.1) is 10.5 Å². The van der Waals surface area contributed by atoms with E-state index in [9.17, 15) is 17.6 Å². The SMILES string of the molecule is NC(c1cc(F)cc(F)c1)c1ccc(F)c(F)c1Br. The van der Waals surface area contributed by atoms with E-state index in [-0.39, 0.29) is 15.6 Å². The van der Waals surface area contributed by atoms with E-state index < -0.39 is 29.3 Å². The van der Waals surface area contributed by atoms with Crippen LogP contribution < -0.4 is 5.73 Å². The molecule has 0 aliphatic carbocycles. The van der Waals surface area contributed by atoms with Crippen molar-refractivity contribution in [3.05, 3.63) is 69.2 Å². The normalized spacial score (nSPS) is 12.5. The Morgan fingerprint density at radius 1 is 0.947 bits per heavy atom. The zero-order chi connectivity index (χ0) is 14.2. The molecule has 0 spiro atoms. The van der Waals surface area contributed by atoms with Gasteiger partial charge in [0.25, 0.3) is 0 Å². The summed E-state index contributed by atoms with van der Waals surface area (Å²) in [4.78, 5) is 0. The van der Waals surface area contributed by atoms with E-state index in [4.69, 9.17) is 5.73 Å². The second-order valence-corrected chi connectivity index (χ2v) is 4.74. The fourth-order valence-electron chi connectivity index (χ4n) is 1.72. The first kappa shape index (κ1) is 14.0. The van der Waals surface area contributed by atoms with Gasteiger partial charge in [-0.2, -0.15) is 0 Å². The van der Waals surface area contributed by atoms with Gasteiger partial charge in [0, 0.05) is 6.07 Å². The summed E-state index contributed by atoms with van der Waals surface area (Å²) in [6.07, 6.45) is 0. The van der Waals surface area contributed by atoms with E-state index in [2.05, 4.69) is 15.9 Å². The number of hydrogen-bond acceptors (Lipinski definition) is 1. The van der Waals surface area contributed by atoms with Crippen LogP contribution in [0, 0.1) is 23.3 Å². The van der Waals surface area contributed by atoms with Crippen molar-refractivity contribution in [1.29, 1.82) is 0 Å². The van der Waals surface area contributed by atoms with Gasteiger partial charge in [0.15, 0.2) is 11.6 Å². The summed E-state index contributed by atoms with van der Waals surface area (Å²) in [6, 6.07) is 3.98. The van der Waals surface area contributed by atoms with Crippen LogP contribution in [0.2, 0.25) is 0 Å². The van der Waals surface area contributed by atoms with E-state index in [1.807, 2.05) is 0 Å². The van der Waals surface area contributed by atoms with E-state index in [0.717, 1.165) is 18.2 Å². The third-order valence-corrected chi connectivity index (χ3v) is 3.45. The highest BCUT2D eigenvalue weighted by molar-refractivity contribution is 9.10. The van der Waals surface area contributed by atoms with E-state index in [1.165, 1.54) is 6.07 Å². The lowest BCUT2D eigenvalue weighted by Crippen LogP contribution is -2.14. The maximum absolute atomic E-state index is 13.4.